The van der Waals surface area contributed by atoms with Crippen LogP contribution in [0.15, 0.2) is 0 Å². The second kappa shape index (κ2) is 3.58. The summed E-state index contributed by atoms with van der Waals surface area (Å²) in [6.07, 6.45) is 4.27. The lowest BCUT2D eigenvalue weighted by Crippen LogP contribution is -2.31. The van der Waals surface area contributed by atoms with Crippen LogP contribution in [0.3, 0.4) is 0 Å². The van der Waals surface area contributed by atoms with E-state index in [9.17, 15) is 0 Å². The van der Waals surface area contributed by atoms with Gasteiger partial charge in [-0.3, -0.25) is 0 Å². The molecule has 0 heterocycles. The van der Waals surface area contributed by atoms with E-state index < -0.39 is 0 Å². The summed E-state index contributed by atoms with van der Waals surface area (Å²) in [5.41, 5.74) is 0.580. The molecule has 0 aromatic rings. The third-order valence-electron chi connectivity index (χ3n) is 3.34. The molecule has 1 unspecified atom stereocenters. The maximum absolute atomic E-state index is 3.58. The summed E-state index contributed by atoms with van der Waals surface area (Å²) in [7, 11) is 0. The molecule has 2 fully saturated rings. The van der Waals surface area contributed by atoms with Crippen LogP contribution in [0.25, 0.3) is 0 Å². The van der Waals surface area contributed by atoms with E-state index in [-0.39, 0.29) is 0 Å². The van der Waals surface area contributed by atoms with Crippen LogP contribution in [0.4, 0.5) is 0 Å². The number of nitrogens with one attached hydrogen (secondary N) is 2. The highest BCUT2D eigenvalue weighted by molar-refractivity contribution is 5.01. The first-order chi connectivity index (χ1) is 6.18. The molecular weight excluding hydrogens is 160 g/mol. The van der Waals surface area contributed by atoms with E-state index in [1.165, 1.54) is 25.8 Å². The van der Waals surface area contributed by atoms with Crippen molar-refractivity contribution in [3.05, 3.63) is 0 Å². The molecule has 0 spiro atoms. The van der Waals surface area contributed by atoms with Crippen molar-refractivity contribution in [3.63, 3.8) is 0 Å². The van der Waals surface area contributed by atoms with E-state index >= 15 is 0 Å². The Balaban J connectivity index is 1.41. The molecule has 76 valence electrons. The van der Waals surface area contributed by atoms with Crippen molar-refractivity contribution in [2.75, 3.05) is 19.6 Å². The first-order valence-corrected chi connectivity index (χ1v) is 5.62. The molecule has 0 aromatic heterocycles. The lowest BCUT2D eigenvalue weighted by Gasteiger charge is -2.07. The number of rotatable bonds is 6. The van der Waals surface area contributed by atoms with E-state index in [4.69, 9.17) is 0 Å². The van der Waals surface area contributed by atoms with Crippen LogP contribution in [0.2, 0.25) is 0 Å². The SMILES string of the molecule is CC1(C)CC1NCCNCC1CC1. The molecule has 2 aliphatic rings. The van der Waals surface area contributed by atoms with Crippen molar-refractivity contribution >= 4 is 0 Å². The standard InChI is InChI=1S/C11H22N2/c1-11(2)7-10(11)13-6-5-12-8-9-3-4-9/h9-10,12-13H,3-8H2,1-2H3. The van der Waals surface area contributed by atoms with Gasteiger partial charge < -0.3 is 10.6 Å². The van der Waals surface area contributed by atoms with Gasteiger partial charge in [-0.25, -0.2) is 0 Å². The van der Waals surface area contributed by atoms with Crippen LogP contribution in [0.1, 0.15) is 33.1 Å². The second-order valence-electron chi connectivity index (χ2n) is 5.35. The second-order valence-corrected chi connectivity index (χ2v) is 5.35. The smallest absolute Gasteiger partial charge is 0.0125 e. The molecule has 0 radical (unpaired) electrons. The van der Waals surface area contributed by atoms with Crippen molar-refractivity contribution < 1.29 is 0 Å². The highest BCUT2D eigenvalue weighted by atomic mass is 15.0. The van der Waals surface area contributed by atoms with Crippen molar-refractivity contribution in [1.29, 1.82) is 0 Å². The summed E-state index contributed by atoms with van der Waals surface area (Å²) in [5.74, 6) is 1.01. The van der Waals surface area contributed by atoms with Gasteiger partial charge in [0.05, 0.1) is 0 Å². The summed E-state index contributed by atoms with van der Waals surface area (Å²) >= 11 is 0. The molecule has 0 aliphatic heterocycles. The van der Waals surface area contributed by atoms with Crippen molar-refractivity contribution in [1.82, 2.24) is 10.6 Å². The summed E-state index contributed by atoms with van der Waals surface area (Å²) < 4.78 is 0. The van der Waals surface area contributed by atoms with Gasteiger partial charge in [0.15, 0.2) is 0 Å². The fourth-order valence-electron chi connectivity index (χ4n) is 1.78. The molecule has 2 N–H and O–H groups in total. The minimum atomic E-state index is 0.580. The van der Waals surface area contributed by atoms with E-state index in [0.29, 0.717) is 5.41 Å². The molecule has 13 heavy (non-hydrogen) atoms. The largest absolute Gasteiger partial charge is 0.315 e. The van der Waals surface area contributed by atoms with Gasteiger partial charge in [-0.05, 0) is 37.1 Å². The molecule has 0 amide bonds. The van der Waals surface area contributed by atoms with Crippen molar-refractivity contribution in [2.45, 2.75) is 39.2 Å². The Morgan fingerprint density at radius 1 is 1.23 bits per heavy atom. The number of hydrogen-bond donors (Lipinski definition) is 2. The fraction of sp³-hybridized carbons (Fsp3) is 1.00. The van der Waals surface area contributed by atoms with E-state index in [2.05, 4.69) is 24.5 Å². The monoisotopic (exact) mass is 182 g/mol. The predicted molar refractivity (Wildman–Crippen MR) is 55.8 cm³/mol. The van der Waals surface area contributed by atoms with E-state index in [0.717, 1.165) is 25.0 Å². The topological polar surface area (TPSA) is 24.1 Å². The Morgan fingerprint density at radius 3 is 2.46 bits per heavy atom. The molecule has 1 atom stereocenters. The minimum absolute atomic E-state index is 0.580. The van der Waals surface area contributed by atoms with Gasteiger partial charge in [0, 0.05) is 19.1 Å². The highest BCUT2D eigenvalue weighted by Crippen LogP contribution is 2.44. The zero-order chi connectivity index (χ0) is 9.31. The summed E-state index contributed by atoms with van der Waals surface area (Å²) in [6, 6.07) is 0.787. The van der Waals surface area contributed by atoms with Gasteiger partial charge in [0.2, 0.25) is 0 Å². The van der Waals surface area contributed by atoms with E-state index in [1.807, 2.05) is 0 Å². The highest BCUT2D eigenvalue weighted by Gasteiger charge is 2.44. The van der Waals surface area contributed by atoms with Crippen LogP contribution in [-0.4, -0.2) is 25.7 Å². The van der Waals surface area contributed by atoms with Gasteiger partial charge in [0.25, 0.3) is 0 Å². The molecule has 0 bridgehead atoms. The van der Waals surface area contributed by atoms with Crippen LogP contribution in [0, 0.1) is 11.3 Å². The molecule has 0 aromatic carbocycles. The Bertz CT molecular complexity index is 173. The Hall–Kier alpha value is -0.0800. The van der Waals surface area contributed by atoms with Crippen LogP contribution in [0.5, 0.6) is 0 Å². The maximum Gasteiger partial charge on any atom is 0.0125 e. The maximum atomic E-state index is 3.58. The Kier molecular flexibility index (Phi) is 2.61. The third kappa shape index (κ3) is 2.96. The van der Waals surface area contributed by atoms with Gasteiger partial charge in [0.1, 0.15) is 0 Å². The summed E-state index contributed by atoms with van der Waals surface area (Å²) in [6.45, 7) is 8.20. The molecule has 2 aliphatic carbocycles. The normalized spacial score (nSPS) is 30.5. The first kappa shape index (κ1) is 9.47. The Morgan fingerprint density at radius 2 is 1.92 bits per heavy atom. The molecule has 0 saturated heterocycles. The lowest BCUT2D eigenvalue weighted by molar-refractivity contribution is 0.524. The number of hydrogen-bond acceptors (Lipinski definition) is 2. The predicted octanol–water partition coefficient (Wildman–Crippen LogP) is 1.37. The average Bonchev–Trinajstić information content (AvgIpc) is 2.91. The van der Waals surface area contributed by atoms with Gasteiger partial charge in [-0.2, -0.15) is 0 Å². The minimum Gasteiger partial charge on any atom is -0.315 e. The summed E-state index contributed by atoms with van der Waals surface area (Å²) in [4.78, 5) is 0. The van der Waals surface area contributed by atoms with Crippen molar-refractivity contribution in [3.8, 4) is 0 Å². The zero-order valence-corrected chi connectivity index (χ0v) is 8.90. The van der Waals surface area contributed by atoms with E-state index in [1.54, 1.807) is 0 Å². The van der Waals surface area contributed by atoms with Crippen LogP contribution in [-0.2, 0) is 0 Å². The quantitative estimate of drug-likeness (QED) is 0.606. The summed E-state index contributed by atoms with van der Waals surface area (Å²) in [5, 5.41) is 7.07. The molecule has 2 rings (SSSR count). The molecule has 2 saturated carbocycles. The van der Waals surface area contributed by atoms with Gasteiger partial charge >= 0.3 is 0 Å². The first-order valence-electron chi connectivity index (χ1n) is 5.62. The molecule has 2 nitrogen and oxygen atoms in total. The zero-order valence-electron chi connectivity index (χ0n) is 8.90. The Labute approximate surface area is 81.5 Å². The van der Waals surface area contributed by atoms with Crippen LogP contribution >= 0.6 is 0 Å². The fourth-order valence-corrected chi connectivity index (χ4v) is 1.78. The molecular formula is C11H22N2. The van der Waals surface area contributed by atoms with Crippen LogP contribution < -0.4 is 10.6 Å². The molecule has 2 heteroatoms. The van der Waals surface area contributed by atoms with Gasteiger partial charge in [-0.15, -0.1) is 0 Å². The van der Waals surface area contributed by atoms with Gasteiger partial charge in [-0.1, -0.05) is 13.8 Å². The average molecular weight is 182 g/mol. The van der Waals surface area contributed by atoms with Crippen molar-refractivity contribution in [2.24, 2.45) is 11.3 Å². The third-order valence-corrected chi connectivity index (χ3v) is 3.34. The lowest BCUT2D eigenvalue weighted by atomic mass is 10.2.